The summed E-state index contributed by atoms with van der Waals surface area (Å²) in [6, 6.07) is 7.07. The Kier molecular flexibility index (Phi) is 5.82. The minimum atomic E-state index is -0.281. The summed E-state index contributed by atoms with van der Waals surface area (Å²) in [4.78, 5) is 31.1. The lowest BCUT2D eigenvalue weighted by Crippen LogP contribution is -2.47. The number of nitrogens with zero attached hydrogens (tertiary/aromatic N) is 6. The molecule has 0 spiro atoms. The molecule has 0 atom stereocenters. The van der Waals surface area contributed by atoms with E-state index in [1.54, 1.807) is 12.1 Å². The highest BCUT2D eigenvalue weighted by molar-refractivity contribution is 7.19. The van der Waals surface area contributed by atoms with Crippen LogP contribution in [0.3, 0.4) is 0 Å². The molecule has 2 fully saturated rings. The Balaban J connectivity index is 1.29. The van der Waals surface area contributed by atoms with Crippen molar-refractivity contribution >= 4 is 38.7 Å². The van der Waals surface area contributed by atoms with Crippen molar-refractivity contribution in [3.63, 3.8) is 0 Å². The van der Waals surface area contributed by atoms with E-state index in [0.29, 0.717) is 5.69 Å². The minimum absolute atomic E-state index is 0.180. The standard InChI is InChI=1S/C25H30N6O2S/c32-31(33)20-9-3-2-8-19(20)29-13-15-30(16-14-29)24-23-18-7-6-10-21(18)34-25(23)27-22(26-24)17-28-11-4-1-5-12-28/h2-3,8-9H,1,4-7,10-17H2. The predicted octanol–water partition coefficient (Wildman–Crippen LogP) is 4.40. The minimum Gasteiger partial charge on any atom is -0.362 e. The summed E-state index contributed by atoms with van der Waals surface area (Å²) in [6.07, 6.45) is 7.34. The molecule has 1 aliphatic carbocycles. The number of fused-ring (bicyclic) bond motifs is 3. The molecule has 0 bridgehead atoms. The maximum Gasteiger partial charge on any atom is 0.292 e. The molecule has 0 saturated carbocycles. The monoisotopic (exact) mass is 478 g/mol. The van der Waals surface area contributed by atoms with Gasteiger partial charge in [-0.05, 0) is 56.8 Å². The van der Waals surface area contributed by atoms with Gasteiger partial charge in [0.1, 0.15) is 22.2 Å². The highest BCUT2D eigenvalue weighted by Gasteiger charge is 2.29. The number of para-hydroxylation sites is 2. The quantitative estimate of drug-likeness (QED) is 0.397. The Morgan fingerprint density at radius 3 is 2.47 bits per heavy atom. The Morgan fingerprint density at radius 1 is 0.912 bits per heavy atom. The first kappa shape index (κ1) is 21.7. The van der Waals surface area contributed by atoms with Crippen LogP contribution in [0.1, 0.15) is 41.9 Å². The number of piperidine rings is 1. The van der Waals surface area contributed by atoms with Crippen molar-refractivity contribution in [1.29, 1.82) is 0 Å². The molecular formula is C25H30N6O2S. The highest BCUT2D eigenvalue weighted by atomic mass is 32.1. The van der Waals surface area contributed by atoms with E-state index in [2.05, 4.69) is 14.7 Å². The average Bonchev–Trinajstić information content (AvgIpc) is 3.45. The molecule has 178 valence electrons. The molecule has 0 unspecified atom stereocenters. The van der Waals surface area contributed by atoms with Gasteiger partial charge >= 0.3 is 0 Å². The summed E-state index contributed by atoms with van der Waals surface area (Å²) in [5, 5.41) is 12.8. The fourth-order valence-corrected chi connectivity index (χ4v) is 6.96. The molecule has 4 heterocycles. The number of thiophene rings is 1. The zero-order chi connectivity index (χ0) is 23.1. The van der Waals surface area contributed by atoms with Crippen LogP contribution in [-0.2, 0) is 19.4 Å². The number of anilines is 2. The van der Waals surface area contributed by atoms with Crippen LogP contribution in [0.5, 0.6) is 0 Å². The lowest BCUT2D eigenvalue weighted by molar-refractivity contribution is -0.384. The van der Waals surface area contributed by atoms with Gasteiger partial charge in [-0.15, -0.1) is 11.3 Å². The van der Waals surface area contributed by atoms with E-state index in [1.807, 2.05) is 23.5 Å². The predicted molar refractivity (Wildman–Crippen MR) is 136 cm³/mol. The van der Waals surface area contributed by atoms with Gasteiger partial charge in [-0.25, -0.2) is 9.97 Å². The summed E-state index contributed by atoms with van der Waals surface area (Å²) in [5.41, 5.74) is 2.35. The van der Waals surface area contributed by atoms with E-state index >= 15 is 0 Å². The fourth-order valence-electron chi connectivity index (χ4n) is 5.68. The van der Waals surface area contributed by atoms with E-state index in [1.165, 1.54) is 41.5 Å². The maximum absolute atomic E-state index is 11.5. The van der Waals surface area contributed by atoms with E-state index in [4.69, 9.17) is 9.97 Å². The van der Waals surface area contributed by atoms with Crippen molar-refractivity contribution in [3.05, 3.63) is 50.6 Å². The molecule has 0 N–H and O–H groups in total. The molecular weight excluding hydrogens is 448 g/mol. The number of nitro groups is 1. The van der Waals surface area contributed by atoms with Gasteiger partial charge in [-0.3, -0.25) is 15.0 Å². The van der Waals surface area contributed by atoms with E-state index in [-0.39, 0.29) is 10.6 Å². The number of nitro benzene ring substituents is 1. The third-order valence-corrected chi connectivity index (χ3v) is 8.59. The first-order valence-corrected chi connectivity index (χ1v) is 13.3. The Labute approximate surface area is 203 Å². The summed E-state index contributed by atoms with van der Waals surface area (Å²) < 4.78 is 0. The van der Waals surface area contributed by atoms with Crippen LogP contribution >= 0.6 is 11.3 Å². The Hall–Kier alpha value is -2.78. The molecule has 3 aromatic rings. The summed E-state index contributed by atoms with van der Waals surface area (Å²) in [6.45, 7) is 6.16. The number of hydrogen-bond donors (Lipinski definition) is 0. The van der Waals surface area contributed by atoms with Gasteiger partial charge in [0.05, 0.1) is 16.9 Å². The second kappa shape index (κ2) is 9.11. The molecule has 2 aromatic heterocycles. The molecule has 1 aromatic carbocycles. The van der Waals surface area contributed by atoms with Gasteiger partial charge in [-0.2, -0.15) is 0 Å². The summed E-state index contributed by atoms with van der Waals surface area (Å²) >= 11 is 1.86. The number of aromatic nitrogens is 2. The first-order valence-electron chi connectivity index (χ1n) is 12.4. The second-order valence-corrected chi connectivity index (χ2v) is 10.6. The van der Waals surface area contributed by atoms with Crippen molar-refractivity contribution < 1.29 is 4.92 Å². The van der Waals surface area contributed by atoms with E-state index < -0.39 is 0 Å². The lowest BCUT2D eigenvalue weighted by atomic mass is 10.1. The number of aryl methyl sites for hydroxylation is 2. The van der Waals surface area contributed by atoms with Gasteiger partial charge in [-0.1, -0.05) is 18.6 Å². The molecule has 9 heteroatoms. The van der Waals surface area contributed by atoms with E-state index in [9.17, 15) is 10.1 Å². The van der Waals surface area contributed by atoms with Gasteiger partial charge < -0.3 is 9.80 Å². The van der Waals surface area contributed by atoms with Crippen LogP contribution in [0, 0.1) is 10.1 Å². The van der Waals surface area contributed by atoms with Crippen molar-refractivity contribution in [2.75, 3.05) is 49.1 Å². The van der Waals surface area contributed by atoms with Crippen molar-refractivity contribution in [2.45, 2.75) is 45.1 Å². The van der Waals surface area contributed by atoms with Crippen molar-refractivity contribution in [1.82, 2.24) is 14.9 Å². The molecule has 8 nitrogen and oxygen atoms in total. The molecule has 3 aliphatic rings. The number of benzene rings is 1. The van der Waals surface area contributed by atoms with Crippen LogP contribution in [-0.4, -0.2) is 59.1 Å². The average molecular weight is 479 g/mol. The van der Waals surface area contributed by atoms with Crippen LogP contribution in [0.15, 0.2) is 24.3 Å². The first-order chi connectivity index (χ1) is 16.7. The molecule has 0 amide bonds. The zero-order valence-corrected chi connectivity index (χ0v) is 20.2. The van der Waals surface area contributed by atoms with Gasteiger partial charge in [0.2, 0.25) is 0 Å². The van der Waals surface area contributed by atoms with Crippen LogP contribution in [0.2, 0.25) is 0 Å². The largest absolute Gasteiger partial charge is 0.362 e. The summed E-state index contributed by atoms with van der Waals surface area (Å²) in [5.74, 6) is 2.02. The highest BCUT2D eigenvalue weighted by Crippen LogP contribution is 2.41. The number of hydrogen-bond acceptors (Lipinski definition) is 8. The normalized spacial score (nSPS) is 19.1. The smallest absolute Gasteiger partial charge is 0.292 e. The van der Waals surface area contributed by atoms with Crippen LogP contribution < -0.4 is 9.80 Å². The SMILES string of the molecule is O=[N+]([O-])c1ccccc1N1CCN(c2nc(CN3CCCCC3)nc3sc4c(c23)CCC4)CC1. The van der Waals surface area contributed by atoms with Gasteiger partial charge in [0.15, 0.2) is 0 Å². The maximum atomic E-state index is 11.5. The third-order valence-electron chi connectivity index (χ3n) is 7.40. The lowest BCUT2D eigenvalue weighted by Gasteiger charge is -2.37. The van der Waals surface area contributed by atoms with Crippen LogP contribution in [0.4, 0.5) is 17.2 Å². The second-order valence-electron chi connectivity index (χ2n) is 9.56. The zero-order valence-electron chi connectivity index (χ0n) is 19.4. The van der Waals surface area contributed by atoms with E-state index in [0.717, 1.165) is 75.1 Å². The molecule has 34 heavy (non-hydrogen) atoms. The van der Waals surface area contributed by atoms with Crippen molar-refractivity contribution in [2.24, 2.45) is 0 Å². The van der Waals surface area contributed by atoms with Gasteiger partial charge in [0, 0.05) is 37.1 Å². The molecule has 6 rings (SSSR count). The van der Waals surface area contributed by atoms with Gasteiger partial charge in [0.25, 0.3) is 5.69 Å². The topological polar surface area (TPSA) is 78.6 Å². The van der Waals surface area contributed by atoms with Crippen molar-refractivity contribution in [3.8, 4) is 0 Å². The number of piperazine rings is 1. The fraction of sp³-hybridized carbons (Fsp3) is 0.520. The molecule has 2 aliphatic heterocycles. The Bertz CT molecular complexity index is 1210. The molecule has 2 saturated heterocycles. The van der Waals surface area contributed by atoms with Crippen LogP contribution in [0.25, 0.3) is 10.2 Å². The summed E-state index contributed by atoms with van der Waals surface area (Å²) in [7, 11) is 0. The number of rotatable bonds is 5. The molecule has 0 radical (unpaired) electrons. The number of likely N-dealkylation sites (tertiary alicyclic amines) is 1. The Morgan fingerprint density at radius 2 is 1.68 bits per heavy atom. The third kappa shape index (κ3) is 4.01.